The number of nitrogen functional groups attached to an aromatic ring is 1. The van der Waals surface area contributed by atoms with E-state index in [1.54, 1.807) is 30.0 Å². The number of hydrogen-bond donors (Lipinski definition) is 2. The number of fused-ring (bicyclic) bond motifs is 1. The van der Waals surface area contributed by atoms with E-state index in [-0.39, 0.29) is 5.82 Å². The van der Waals surface area contributed by atoms with Gasteiger partial charge in [-0.25, -0.2) is 14.1 Å². The van der Waals surface area contributed by atoms with Gasteiger partial charge in [0.25, 0.3) is 0 Å². The van der Waals surface area contributed by atoms with Gasteiger partial charge in [-0.05, 0) is 17.7 Å². The van der Waals surface area contributed by atoms with Crippen LogP contribution in [0.1, 0.15) is 5.56 Å². The van der Waals surface area contributed by atoms with Crippen LogP contribution in [0.5, 0.6) is 0 Å². The first kappa shape index (κ1) is 18.8. The van der Waals surface area contributed by atoms with Crippen molar-refractivity contribution >= 4 is 22.8 Å². The number of ether oxygens (including phenoxy) is 1. The van der Waals surface area contributed by atoms with Crippen molar-refractivity contribution < 1.29 is 9.13 Å². The normalized spacial score (nSPS) is 11.1. The first-order valence-electron chi connectivity index (χ1n) is 9.23. The van der Waals surface area contributed by atoms with Gasteiger partial charge >= 0.3 is 0 Å². The molecule has 4 rings (SSSR count). The maximum atomic E-state index is 14.6. The molecule has 7 nitrogen and oxygen atoms in total. The Bertz CT molecular complexity index is 1130. The molecule has 3 N–H and O–H groups in total. The highest BCUT2D eigenvalue weighted by Crippen LogP contribution is 2.33. The number of hydrogen-bond acceptors (Lipinski definition) is 6. The Morgan fingerprint density at radius 2 is 1.83 bits per heavy atom. The summed E-state index contributed by atoms with van der Waals surface area (Å²) in [6.07, 6.45) is 0. The van der Waals surface area contributed by atoms with Gasteiger partial charge in [0.05, 0.1) is 24.2 Å². The number of anilines is 2. The van der Waals surface area contributed by atoms with Crippen LogP contribution in [0.3, 0.4) is 0 Å². The molecule has 29 heavy (non-hydrogen) atoms. The van der Waals surface area contributed by atoms with Crippen molar-refractivity contribution in [1.29, 1.82) is 0 Å². The smallest absolute Gasteiger partial charge is 0.225 e. The summed E-state index contributed by atoms with van der Waals surface area (Å²) >= 11 is 0. The fourth-order valence-electron chi connectivity index (χ4n) is 3.12. The van der Waals surface area contributed by atoms with Crippen molar-refractivity contribution in [3.8, 4) is 11.3 Å². The molecule has 0 fully saturated rings. The molecule has 8 heteroatoms. The number of nitrogens with zero attached hydrogens (tertiary/aromatic N) is 4. The van der Waals surface area contributed by atoms with Crippen LogP contribution >= 0.6 is 0 Å². The van der Waals surface area contributed by atoms with Gasteiger partial charge < -0.3 is 15.8 Å². The molecule has 0 aliphatic heterocycles. The van der Waals surface area contributed by atoms with E-state index in [1.165, 1.54) is 6.07 Å². The third-order valence-corrected chi connectivity index (χ3v) is 4.53. The van der Waals surface area contributed by atoms with Crippen molar-refractivity contribution in [2.75, 3.05) is 31.3 Å². The minimum Gasteiger partial charge on any atom is -0.383 e. The topological polar surface area (TPSA) is 90.9 Å². The van der Waals surface area contributed by atoms with Crippen molar-refractivity contribution in [3.63, 3.8) is 0 Å². The largest absolute Gasteiger partial charge is 0.383 e. The van der Waals surface area contributed by atoms with Crippen LogP contribution in [0.25, 0.3) is 22.3 Å². The monoisotopic (exact) mass is 392 g/mol. The zero-order valence-corrected chi connectivity index (χ0v) is 16.0. The third kappa shape index (κ3) is 3.88. The predicted octanol–water partition coefficient (Wildman–Crippen LogP) is 3.32. The molecule has 0 unspecified atom stereocenters. The van der Waals surface area contributed by atoms with Gasteiger partial charge in [0.15, 0.2) is 5.65 Å². The molecule has 4 aromatic rings. The summed E-state index contributed by atoms with van der Waals surface area (Å²) in [7, 11) is 1.61. The van der Waals surface area contributed by atoms with Gasteiger partial charge in [0.1, 0.15) is 11.6 Å². The second-order valence-electron chi connectivity index (χ2n) is 6.52. The van der Waals surface area contributed by atoms with E-state index in [2.05, 4.69) is 20.4 Å². The van der Waals surface area contributed by atoms with E-state index in [0.717, 1.165) is 5.56 Å². The number of methoxy groups -OCH3 is 1. The first-order chi connectivity index (χ1) is 14.2. The fraction of sp³-hybridized carbons (Fsp3) is 0.190. The van der Waals surface area contributed by atoms with E-state index < -0.39 is 0 Å². The molecule has 0 saturated carbocycles. The van der Waals surface area contributed by atoms with Crippen LogP contribution in [0.4, 0.5) is 16.2 Å². The SMILES string of the molecule is COCCNc1nc(-c2ccccc2F)c2c(N)n(Cc3ccccc3)nc2n1. The van der Waals surface area contributed by atoms with Gasteiger partial charge in [-0.3, -0.25) is 0 Å². The molecule has 0 radical (unpaired) electrons. The van der Waals surface area contributed by atoms with E-state index in [9.17, 15) is 4.39 Å². The van der Waals surface area contributed by atoms with Gasteiger partial charge in [-0.2, -0.15) is 4.98 Å². The lowest BCUT2D eigenvalue weighted by molar-refractivity contribution is 0.210. The second kappa shape index (κ2) is 8.24. The lowest BCUT2D eigenvalue weighted by Gasteiger charge is -2.09. The molecule has 0 bridgehead atoms. The third-order valence-electron chi connectivity index (χ3n) is 4.53. The van der Waals surface area contributed by atoms with Crippen LogP contribution in [0.2, 0.25) is 0 Å². The minimum absolute atomic E-state index is 0.345. The molecule has 0 aliphatic carbocycles. The summed E-state index contributed by atoms with van der Waals surface area (Å²) in [6.45, 7) is 1.48. The summed E-state index contributed by atoms with van der Waals surface area (Å²) in [6, 6.07) is 16.3. The molecule has 0 spiro atoms. The Labute approximate surface area is 167 Å². The lowest BCUT2D eigenvalue weighted by Crippen LogP contribution is -2.11. The zero-order valence-electron chi connectivity index (χ0n) is 16.0. The van der Waals surface area contributed by atoms with Gasteiger partial charge in [-0.1, -0.05) is 42.5 Å². The van der Waals surface area contributed by atoms with E-state index >= 15 is 0 Å². The molecule has 2 aromatic heterocycles. The van der Waals surface area contributed by atoms with Crippen molar-refractivity contribution in [2.24, 2.45) is 0 Å². The highest BCUT2D eigenvalue weighted by atomic mass is 19.1. The van der Waals surface area contributed by atoms with Crippen LogP contribution in [-0.4, -0.2) is 40.0 Å². The van der Waals surface area contributed by atoms with E-state index in [0.29, 0.717) is 53.8 Å². The van der Waals surface area contributed by atoms with Crippen molar-refractivity contribution in [2.45, 2.75) is 6.54 Å². The lowest BCUT2D eigenvalue weighted by atomic mass is 10.1. The number of halogens is 1. The summed E-state index contributed by atoms with van der Waals surface area (Å²) in [4.78, 5) is 9.01. The average molecular weight is 392 g/mol. The Hall–Kier alpha value is -3.52. The highest BCUT2D eigenvalue weighted by Gasteiger charge is 2.20. The summed E-state index contributed by atoms with van der Waals surface area (Å²) in [5.74, 6) is 0.355. The maximum absolute atomic E-state index is 14.6. The zero-order chi connectivity index (χ0) is 20.2. The molecular formula is C21H21FN6O. The maximum Gasteiger partial charge on any atom is 0.225 e. The molecule has 0 aliphatic rings. The van der Waals surface area contributed by atoms with E-state index in [1.807, 2.05) is 30.3 Å². The number of nitrogens with two attached hydrogens (primary N) is 1. The standard InChI is InChI=1S/C21H21FN6O/c1-29-12-11-24-21-25-18(15-9-5-6-10-16(15)22)17-19(23)28(27-20(17)26-21)13-14-7-3-2-4-8-14/h2-10H,11-13,23H2,1H3,(H,24,26,27). The Balaban J connectivity index is 1.85. The van der Waals surface area contributed by atoms with Crippen LogP contribution < -0.4 is 11.1 Å². The molecule has 0 atom stereocenters. The fourth-order valence-corrected chi connectivity index (χ4v) is 3.12. The molecule has 0 saturated heterocycles. The van der Waals surface area contributed by atoms with Gasteiger partial charge in [0, 0.05) is 19.2 Å². The first-order valence-corrected chi connectivity index (χ1v) is 9.23. The Morgan fingerprint density at radius 1 is 1.07 bits per heavy atom. The van der Waals surface area contributed by atoms with Crippen molar-refractivity contribution in [3.05, 3.63) is 66.0 Å². The number of nitrogens with one attached hydrogen (secondary N) is 1. The number of aromatic nitrogens is 4. The van der Waals surface area contributed by atoms with Gasteiger partial charge in [-0.15, -0.1) is 5.10 Å². The molecular weight excluding hydrogens is 371 g/mol. The van der Waals surface area contributed by atoms with Crippen LogP contribution in [0, 0.1) is 5.82 Å². The molecule has 2 heterocycles. The quantitative estimate of drug-likeness (QED) is 0.469. The number of benzene rings is 2. The minimum atomic E-state index is -0.384. The van der Waals surface area contributed by atoms with Gasteiger partial charge in [0.2, 0.25) is 5.95 Å². The van der Waals surface area contributed by atoms with Crippen LogP contribution in [-0.2, 0) is 11.3 Å². The molecule has 148 valence electrons. The highest BCUT2D eigenvalue weighted by molar-refractivity contribution is 5.99. The van der Waals surface area contributed by atoms with Crippen LogP contribution in [0.15, 0.2) is 54.6 Å². The second-order valence-corrected chi connectivity index (χ2v) is 6.52. The Morgan fingerprint density at radius 3 is 2.59 bits per heavy atom. The van der Waals surface area contributed by atoms with E-state index in [4.69, 9.17) is 10.5 Å². The van der Waals surface area contributed by atoms with Crippen molar-refractivity contribution in [1.82, 2.24) is 19.7 Å². The Kier molecular flexibility index (Phi) is 5.35. The molecule has 0 amide bonds. The number of rotatable bonds is 7. The predicted molar refractivity (Wildman–Crippen MR) is 111 cm³/mol. The summed E-state index contributed by atoms with van der Waals surface area (Å²) < 4.78 is 21.3. The summed E-state index contributed by atoms with van der Waals surface area (Å²) in [5, 5.41) is 8.18. The average Bonchev–Trinajstić information content (AvgIpc) is 3.04. The molecule has 2 aromatic carbocycles. The summed E-state index contributed by atoms with van der Waals surface area (Å²) in [5.41, 5.74) is 8.62.